The maximum absolute atomic E-state index is 10.7. The summed E-state index contributed by atoms with van der Waals surface area (Å²) in [5, 5.41) is 10.7. The molecule has 0 bridgehead atoms. The number of hydrogen-bond donors (Lipinski definition) is 2. The van der Waals surface area contributed by atoms with Gasteiger partial charge in [-0.15, -0.1) is 0 Å². The van der Waals surface area contributed by atoms with Crippen molar-refractivity contribution in [3.63, 3.8) is 0 Å². The van der Waals surface area contributed by atoms with E-state index >= 15 is 0 Å². The summed E-state index contributed by atoms with van der Waals surface area (Å²) in [6.07, 6.45) is 8.56. The molecule has 0 spiro atoms. The number of nitrogens with zero attached hydrogens (tertiary/aromatic N) is 1. The molecule has 2 aliphatic rings. The number of quaternary nitrogens is 2. The summed E-state index contributed by atoms with van der Waals surface area (Å²) < 4.78 is 0. The van der Waals surface area contributed by atoms with E-state index in [4.69, 9.17) is 0 Å². The predicted molar refractivity (Wildman–Crippen MR) is 89.5 cm³/mol. The number of nitrogens with one attached hydrogen (secondary N) is 2. The van der Waals surface area contributed by atoms with Crippen LogP contribution in [0.3, 0.4) is 0 Å². The Hall–Kier alpha value is -1.72. The molecule has 5 heteroatoms. The van der Waals surface area contributed by atoms with Gasteiger partial charge in [-0.05, 0) is 31.4 Å². The largest absolute Gasteiger partial charge is 0.325 e. The van der Waals surface area contributed by atoms with Crippen LogP contribution >= 0.6 is 0 Å². The van der Waals surface area contributed by atoms with Gasteiger partial charge in [0, 0.05) is 23.6 Å². The van der Waals surface area contributed by atoms with E-state index in [9.17, 15) is 10.1 Å². The number of hydrogen-bond acceptors (Lipinski definition) is 2. The molecular formula is C18H27N3O2+2. The molecule has 1 saturated heterocycles. The normalized spacial score (nSPS) is 27.7. The fourth-order valence-corrected chi connectivity index (χ4v) is 3.81. The van der Waals surface area contributed by atoms with E-state index in [1.165, 1.54) is 57.5 Å². The van der Waals surface area contributed by atoms with E-state index in [2.05, 4.69) is 12.2 Å². The topological polar surface area (TPSA) is 52.0 Å². The van der Waals surface area contributed by atoms with Crippen molar-refractivity contribution in [2.24, 2.45) is 5.92 Å². The standard InChI is InChI=1S/C18H25N3O2/c22-21(23)18-8-6-17(7-9-18)15-20-12-10-19(11-13-20)14-16-4-2-1-3-5-16/h1-2,6-9,16H,3-5,10-15H2/p+2/t16-/m0/s1. The van der Waals surface area contributed by atoms with Crippen molar-refractivity contribution < 1.29 is 14.7 Å². The second-order valence-corrected chi connectivity index (χ2v) is 6.95. The van der Waals surface area contributed by atoms with E-state index in [0.717, 1.165) is 12.5 Å². The third kappa shape index (κ3) is 4.62. The molecule has 0 aromatic heterocycles. The highest BCUT2D eigenvalue weighted by Crippen LogP contribution is 2.16. The highest BCUT2D eigenvalue weighted by molar-refractivity contribution is 5.32. The van der Waals surface area contributed by atoms with E-state index in [1.807, 2.05) is 12.1 Å². The molecule has 0 saturated carbocycles. The number of nitro benzene ring substituents is 1. The second kappa shape index (κ2) is 7.70. The molecule has 1 fully saturated rings. The summed E-state index contributed by atoms with van der Waals surface area (Å²) in [6.45, 7) is 7.22. The molecular weight excluding hydrogens is 290 g/mol. The first-order chi connectivity index (χ1) is 11.2. The molecule has 0 amide bonds. The van der Waals surface area contributed by atoms with Gasteiger partial charge in [-0.3, -0.25) is 10.1 Å². The highest BCUT2D eigenvalue weighted by atomic mass is 16.6. The quantitative estimate of drug-likeness (QED) is 0.464. The first-order valence-electron chi connectivity index (χ1n) is 8.76. The molecule has 1 aliphatic carbocycles. The number of benzene rings is 1. The van der Waals surface area contributed by atoms with Crippen LogP contribution < -0.4 is 9.80 Å². The molecule has 1 heterocycles. The van der Waals surface area contributed by atoms with Crippen molar-refractivity contribution in [3.05, 3.63) is 52.1 Å². The van der Waals surface area contributed by atoms with Crippen molar-refractivity contribution in [1.29, 1.82) is 0 Å². The highest BCUT2D eigenvalue weighted by Gasteiger charge is 2.25. The lowest BCUT2D eigenvalue weighted by Crippen LogP contribution is -3.27. The molecule has 124 valence electrons. The minimum Gasteiger partial charge on any atom is -0.325 e. The average Bonchev–Trinajstić information content (AvgIpc) is 2.58. The van der Waals surface area contributed by atoms with Crippen LogP contribution in [0.2, 0.25) is 0 Å². The second-order valence-electron chi connectivity index (χ2n) is 6.95. The zero-order chi connectivity index (χ0) is 16.1. The molecule has 2 N–H and O–H groups in total. The molecule has 1 aliphatic heterocycles. The molecule has 3 rings (SSSR count). The number of non-ortho nitro benzene ring substituents is 1. The number of nitro groups is 1. The Balaban J connectivity index is 1.43. The maximum Gasteiger partial charge on any atom is 0.269 e. The smallest absolute Gasteiger partial charge is 0.269 e. The Morgan fingerprint density at radius 3 is 2.35 bits per heavy atom. The Labute approximate surface area is 137 Å². The van der Waals surface area contributed by atoms with Crippen molar-refractivity contribution >= 4 is 5.69 Å². The van der Waals surface area contributed by atoms with Gasteiger partial charge in [-0.25, -0.2) is 0 Å². The molecule has 1 aromatic carbocycles. The van der Waals surface area contributed by atoms with Crippen molar-refractivity contribution in [3.8, 4) is 0 Å². The van der Waals surface area contributed by atoms with Gasteiger partial charge in [0.05, 0.1) is 11.5 Å². The summed E-state index contributed by atoms with van der Waals surface area (Å²) in [5.74, 6) is 0.881. The Bertz CT molecular complexity index is 548. The number of allylic oxidation sites excluding steroid dienone is 2. The fourth-order valence-electron chi connectivity index (χ4n) is 3.81. The van der Waals surface area contributed by atoms with Gasteiger partial charge < -0.3 is 9.80 Å². The van der Waals surface area contributed by atoms with Crippen LogP contribution in [-0.4, -0.2) is 37.6 Å². The minimum atomic E-state index is -0.334. The third-order valence-corrected chi connectivity index (χ3v) is 5.22. The third-order valence-electron chi connectivity index (χ3n) is 5.22. The lowest BCUT2D eigenvalue weighted by atomic mass is 9.94. The SMILES string of the molecule is O=[N+]([O-])c1ccc(C[NH+]2CC[NH+](C[C@H]3CC=CCC3)CC2)cc1. The van der Waals surface area contributed by atoms with Crippen LogP contribution in [0, 0.1) is 16.0 Å². The summed E-state index contributed by atoms with van der Waals surface area (Å²) in [5.41, 5.74) is 1.38. The summed E-state index contributed by atoms with van der Waals surface area (Å²) >= 11 is 0. The van der Waals surface area contributed by atoms with Crippen molar-refractivity contribution in [2.75, 3.05) is 32.7 Å². The zero-order valence-electron chi connectivity index (χ0n) is 13.7. The lowest BCUT2D eigenvalue weighted by Gasteiger charge is -2.32. The van der Waals surface area contributed by atoms with Gasteiger partial charge >= 0.3 is 0 Å². The van der Waals surface area contributed by atoms with Crippen LogP contribution in [0.4, 0.5) is 5.69 Å². The van der Waals surface area contributed by atoms with Crippen LogP contribution in [0.5, 0.6) is 0 Å². The Morgan fingerprint density at radius 2 is 1.74 bits per heavy atom. The first kappa shape index (κ1) is 16.1. The first-order valence-corrected chi connectivity index (χ1v) is 8.76. The van der Waals surface area contributed by atoms with Crippen LogP contribution in [0.25, 0.3) is 0 Å². The van der Waals surface area contributed by atoms with Gasteiger partial charge in [-0.1, -0.05) is 12.2 Å². The fraction of sp³-hybridized carbons (Fsp3) is 0.556. The summed E-state index contributed by atoms with van der Waals surface area (Å²) in [6, 6.07) is 7.04. The van der Waals surface area contributed by atoms with Gasteiger partial charge in [0.15, 0.2) is 0 Å². The van der Waals surface area contributed by atoms with Gasteiger partial charge in [0.25, 0.3) is 5.69 Å². The maximum atomic E-state index is 10.7. The zero-order valence-corrected chi connectivity index (χ0v) is 13.7. The monoisotopic (exact) mass is 317 g/mol. The molecule has 1 aromatic rings. The molecule has 23 heavy (non-hydrogen) atoms. The van der Waals surface area contributed by atoms with E-state index < -0.39 is 0 Å². The summed E-state index contributed by atoms with van der Waals surface area (Å²) in [7, 11) is 0. The molecule has 0 radical (unpaired) electrons. The average molecular weight is 317 g/mol. The Morgan fingerprint density at radius 1 is 1.04 bits per heavy atom. The number of piperazine rings is 1. The van der Waals surface area contributed by atoms with Crippen LogP contribution in [0.15, 0.2) is 36.4 Å². The van der Waals surface area contributed by atoms with E-state index in [1.54, 1.807) is 21.9 Å². The number of rotatable bonds is 5. The molecule has 1 atom stereocenters. The molecule has 5 nitrogen and oxygen atoms in total. The van der Waals surface area contributed by atoms with Gasteiger partial charge in [0.1, 0.15) is 32.7 Å². The van der Waals surface area contributed by atoms with Crippen LogP contribution in [-0.2, 0) is 6.54 Å². The van der Waals surface area contributed by atoms with Crippen molar-refractivity contribution in [2.45, 2.75) is 25.8 Å². The molecule has 0 unspecified atom stereocenters. The summed E-state index contributed by atoms with van der Waals surface area (Å²) in [4.78, 5) is 13.7. The van der Waals surface area contributed by atoms with E-state index in [-0.39, 0.29) is 10.6 Å². The van der Waals surface area contributed by atoms with Crippen molar-refractivity contribution in [1.82, 2.24) is 0 Å². The van der Waals surface area contributed by atoms with Crippen LogP contribution in [0.1, 0.15) is 24.8 Å². The minimum absolute atomic E-state index is 0.180. The predicted octanol–water partition coefficient (Wildman–Crippen LogP) is 0.235. The van der Waals surface area contributed by atoms with Gasteiger partial charge in [-0.2, -0.15) is 0 Å². The van der Waals surface area contributed by atoms with E-state index in [0.29, 0.717) is 0 Å². The van der Waals surface area contributed by atoms with Gasteiger partial charge in [0.2, 0.25) is 0 Å². The lowest BCUT2D eigenvalue weighted by molar-refractivity contribution is -1.02. The Kier molecular flexibility index (Phi) is 5.41.